The molecule has 3 aliphatic rings. The van der Waals surface area contributed by atoms with Crippen LogP contribution >= 0.6 is 0 Å². The van der Waals surface area contributed by atoms with Gasteiger partial charge in [-0.15, -0.1) is 0 Å². The number of hydrogen-bond donors (Lipinski definition) is 3. The molecule has 0 spiro atoms. The monoisotopic (exact) mass is 431 g/mol. The summed E-state index contributed by atoms with van der Waals surface area (Å²) < 4.78 is 22.3. The van der Waals surface area contributed by atoms with Crippen LogP contribution in [0.2, 0.25) is 0 Å². The van der Waals surface area contributed by atoms with Crippen molar-refractivity contribution in [3.05, 3.63) is 27.8 Å². The number of amides is 1. The molecule has 1 aromatic carbocycles. The molecule has 164 valence electrons. The van der Waals surface area contributed by atoms with Crippen molar-refractivity contribution >= 4 is 28.5 Å². The summed E-state index contributed by atoms with van der Waals surface area (Å²) in [5, 5.41) is 22.9. The molecule has 3 N–H and O–H groups in total. The summed E-state index contributed by atoms with van der Waals surface area (Å²) in [5.74, 6) is -2.80. The minimum atomic E-state index is -1.57. The highest BCUT2D eigenvalue weighted by atomic mass is 19.1. The zero-order chi connectivity index (χ0) is 22.0. The molecule has 1 amide bonds. The second-order valence-electron chi connectivity index (χ2n) is 8.45. The lowest BCUT2D eigenvalue weighted by Crippen LogP contribution is -2.44. The maximum absolute atomic E-state index is 15.4. The van der Waals surface area contributed by atoms with Gasteiger partial charge in [-0.25, -0.2) is 9.18 Å². The Kier molecular flexibility index (Phi) is 4.35. The fraction of sp³-hybridized carbons (Fsp3) is 0.476. The molecule has 1 aliphatic carbocycles. The number of hydrogen-bond acceptors (Lipinski definition) is 6. The van der Waals surface area contributed by atoms with Gasteiger partial charge >= 0.3 is 5.97 Å². The number of halogens is 1. The van der Waals surface area contributed by atoms with Crippen LogP contribution in [0.1, 0.15) is 42.1 Å². The number of aromatic nitrogens is 1. The Hall–Kier alpha value is -3.30. The van der Waals surface area contributed by atoms with Crippen LogP contribution in [0.5, 0.6) is 11.5 Å². The lowest BCUT2D eigenvalue weighted by Gasteiger charge is -2.25. The van der Waals surface area contributed by atoms with E-state index in [2.05, 4.69) is 5.32 Å². The van der Waals surface area contributed by atoms with Gasteiger partial charge in [-0.3, -0.25) is 9.59 Å². The number of fused-ring (bicyclic) bond motifs is 2. The number of pyridine rings is 1. The minimum absolute atomic E-state index is 0.0252. The third kappa shape index (κ3) is 2.92. The third-order valence-corrected chi connectivity index (χ3v) is 6.52. The quantitative estimate of drug-likeness (QED) is 0.672. The number of aromatic hydroxyl groups is 1. The van der Waals surface area contributed by atoms with E-state index < -0.39 is 28.7 Å². The first-order valence-electron chi connectivity index (χ1n) is 10.3. The molecule has 0 unspecified atom stereocenters. The Balaban J connectivity index is 1.75. The van der Waals surface area contributed by atoms with Gasteiger partial charge in [0, 0.05) is 30.9 Å². The zero-order valence-corrected chi connectivity index (χ0v) is 16.9. The fourth-order valence-electron chi connectivity index (χ4n) is 4.95. The Morgan fingerprint density at radius 3 is 2.65 bits per heavy atom. The Morgan fingerprint density at radius 2 is 2.00 bits per heavy atom. The summed E-state index contributed by atoms with van der Waals surface area (Å²) in [5.41, 5.74) is -1.27. The largest absolute Gasteiger partial charge is 0.506 e. The number of rotatable bonds is 4. The van der Waals surface area contributed by atoms with Crippen molar-refractivity contribution in [3.8, 4) is 11.5 Å². The number of carbonyl (C=O) groups is 2. The predicted octanol–water partition coefficient (Wildman–Crippen LogP) is 1.60. The summed E-state index contributed by atoms with van der Waals surface area (Å²) in [6.45, 7) is 0.901. The number of anilines is 1. The summed E-state index contributed by atoms with van der Waals surface area (Å²) in [7, 11) is 1.35. The summed E-state index contributed by atoms with van der Waals surface area (Å²) in [6, 6.07) is 0.726. The second kappa shape index (κ2) is 6.86. The van der Waals surface area contributed by atoms with Gasteiger partial charge in [-0.2, -0.15) is 0 Å². The lowest BCUT2D eigenvalue weighted by molar-refractivity contribution is -0.123. The first-order chi connectivity index (χ1) is 14.8. The number of carbonyl (C=O) groups excluding carboxylic acids is 1. The highest BCUT2D eigenvalue weighted by Crippen LogP contribution is 2.47. The molecule has 2 saturated heterocycles. The van der Waals surface area contributed by atoms with Gasteiger partial charge < -0.3 is 29.7 Å². The molecule has 0 radical (unpaired) electrons. The number of aromatic carboxylic acids is 1. The van der Waals surface area contributed by atoms with Gasteiger partial charge in [0.05, 0.1) is 13.2 Å². The minimum Gasteiger partial charge on any atom is -0.506 e. The lowest BCUT2D eigenvalue weighted by atomic mass is 9.94. The summed E-state index contributed by atoms with van der Waals surface area (Å²) in [6.07, 6.45) is 2.49. The van der Waals surface area contributed by atoms with E-state index in [1.807, 2.05) is 0 Å². The molecule has 5 rings (SSSR count). The van der Waals surface area contributed by atoms with Crippen molar-refractivity contribution in [1.82, 2.24) is 9.88 Å². The summed E-state index contributed by atoms with van der Waals surface area (Å²) >= 11 is 0. The van der Waals surface area contributed by atoms with Crippen molar-refractivity contribution in [2.45, 2.75) is 37.8 Å². The molecule has 0 bridgehead atoms. The van der Waals surface area contributed by atoms with Crippen LogP contribution in [-0.4, -0.2) is 52.9 Å². The summed E-state index contributed by atoms with van der Waals surface area (Å²) in [4.78, 5) is 38.1. The van der Waals surface area contributed by atoms with Crippen molar-refractivity contribution < 1.29 is 28.9 Å². The molecular weight excluding hydrogens is 409 g/mol. The van der Waals surface area contributed by atoms with Gasteiger partial charge in [0.25, 0.3) is 5.56 Å². The SMILES string of the molecule is COc1c(N2C[C@@H]3CCC(=O)N[C@@H]3C2)c(F)cc2c(O)c(C(=O)O)c(=O)n(C3CC3)c12. The topological polar surface area (TPSA) is 121 Å². The zero-order valence-electron chi connectivity index (χ0n) is 16.9. The van der Waals surface area contributed by atoms with E-state index in [0.29, 0.717) is 38.8 Å². The number of methoxy groups -OCH3 is 1. The molecule has 10 heteroatoms. The smallest absolute Gasteiger partial charge is 0.345 e. The van der Waals surface area contributed by atoms with Crippen LogP contribution in [0.15, 0.2) is 10.9 Å². The standard InChI is InChI=1S/C21H22FN3O6/c1-31-19-16-11(18(27)15(21(29)30)20(28)25(16)10-3-4-10)6-12(22)17(19)24-7-9-2-5-14(26)23-13(9)8-24/h6,9-10,13,27H,2-5,7-8H2,1H3,(H,23,26)(H,29,30)/t9-,13+/m0/s1. The van der Waals surface area contributed by atoms with Gasteiger partial charge in [-0.1, -0.05) is 0 Å². The maximum atomic E-state index is 15.4. The number of carboxylic acid groups (broad SMARTS) is 1. The molecule has 1 saturated carbocycles. The van der Waals surface area contributed by atoms with E-state index in [1.165, 1.54) is 11.7 Å². The molecule has 2 atom stereocenters. The molecule has 31 heavy (non-hydrogen) atoms. The van der Waals surface area contributed by atoms with E-state index in [4.69, 9.17) is 4.74 Å². The first-order valence-corrected chi connectivity index (χ1v) is 10.3. The number of nitrogens with zero attached hydrogens (tertiary/aromatic N) is 2. The average Bonchev–Trinajstić information content (AvgIpc) is 3.46. The molecule has 2 aromatic rings. The molecule has 2 aliphatic heterocycles. The van der Waals surface area contributed by atoms with E-state index >= 15 is 4.39 Å². The predicted molar refractivity (Wildman–Crippen MR) is 108 cm³/mol. The van der Waals surface area contributed by atoms with Crippen molar-refractivity contribution in [2.24, 2.45) is 5.92 Å². The van der Waals surface area contributed by atoms with Gasteiger partial charge in [0.2, 0.25) is 5.91 Å². The maximum Gasteiger partial charge on any atom is 0.345 e. The normalized spacial score (nSPS) is 23.0. The van der Waals surface area contributed by atoms with E-state index in [-0.39, 0.29) is 46.2 Å². The Bertz CT molecular complexity index is 1190. The molecule has 3 fully saturated rings. The van der Waals surface area contributed by atoms with Crippen molar-refractivity contribution in [2.75, 3.05) is 25.1 Å². The third-order valence-electron chi connectivity index (χ3n) is 6.52. The molecule has 3 heterocycles. The highest BCUT2D eigenvalue weighted by Gasteiger charge is 2.40. The van der Waals surface area contributed by atoms with Crippen LogP contribution < -0.4 is 20.5 Å². The highest BCUT2D eigenvalue weighted by molar-refractivity contribution is 6.02. The van der Waals surface area contributed by atoms with Crippen molar-refractivity contribution in [3.63, 3.8) is 0 Å². The fourth-order valence-corrected chi connectivity index (χ4v) is 4.95. The molecular formula is C21H22FN3O6. The van der Waals surface area contributed by atoms with Crippen LogP contribution in [-0.2, 0) is 4.79 Å². The van der Waals surface area contributed by atoms with Crippen molar-refractivity contribution in [1.29, 1.82) is 0 Å². The number of piperidine rings is 1. The van der Waals surface area contributed by atoms with Gasteiger partial charge in [0.15, 0.2) is 17.1 Å². The Labute approximate surface area is 176 Å². The molecule has 1 aromatic heterocycles. The average molecular weight is 431 g/mol. The van der Waals surface area contributed by atoms with Gasteiger partial charge in [0.1, 0.15) is 17.0 Å². The van der Waals surface area contributed by atoms with Crippen LogP contribution in [0, 0.1) is 11.7 Å². The molecule has 9 nitrogen and oxygen atoms in total. The van der Waals surface area contributed by atoms with Crippen LogP contribution in [0.4, 0.5) is 10.1 Å². The van der Waals surface area contributed by atoms with Gasteiger partial charge in [-0.05, 0) is 31.2 Å². The van der Waals surface area contributed by atoms with E-state index in [0.717, 1.165) is 6.07 Å². The number of ether oxygens (including phenoxy) is 1. The van der Waals surface area contributed by atoms with E-state index in [1.54, 1.807) is 4.90 Å². The number of benzene rings is 1. The van der Waals surface area contributed by atoms with Crippen LogP contribution in [0.3, 0.4) is 0 Å². The second-order valence-corrected chi connectivity index (χ2v) is 8.45. The number of nitrogens with one attached hydrogen (secondary N) is 1. The Morgan fingerprint density at radius 1 is 1.26 bits per heavy atom. The van der Waals surface area contributed by atoms with Crippen LogP contribution in [0.25, 0.3) is 10.9 Å². The van der Waals surface area contributed by atoms with E-state index in [9.17, 15) is 24.6 Å². The number of carboxylic acids is 1. The first kappa shape index (κ1) is 19.7.